The van der Waals surface area contributed by atoms with E-state index in [-0.39, 0.29) is 5.69 Å². The first kappa shape index (κ1) is 14.3. The average Bonchev–Trinajstić information content (AvgIpc) is 2.89. The first-order valence-electron chi connectivity index (χ1n) is 5.65. The predicted octanol–water partition coefficient (Wildman–Crippen LogP) is 4.42. The predicted molar refractivity (Wildman–Crippen MR) is 73.4 cm³/mol. The zero-order chi connectivity index (χ0) is 14.6. The summed E-state index contributed by atoms with van der Waals surface area (Å²) >= 11 is 1.46. The van der Waals surface area contributed by atoms with Crippen LogP contribution in [0.5, 0.6) is 0 Å². The molecular weight excluding hydrogens is 287 g/mol. The number of halogens is 3. The van der Waals surface area contributed by atoms with Crippen molar-refractivity contribution in [1.29, 1.82) is 0 Å². The SMILES string of the molecule is O=C(/C=C/c1cccs1)Nc1cccc(C(F)(F)F)c1. The molecule has 0 spiro atoms. The summed E-state index contributed by atoms with van der Waals surface area (Å²) in [5, 5.41) is 4.26. The molecule has 20 heavy (non-hydrogen) atoms. The monoisotopic (exact) mass is 297 g/mol. The second-order valence-corrected chi connectivity index (χ2v) is 4.90. The number of hydrogen-bond acceptors (Lipinski definition) is 2. The van der Waals surface area contributed by atoms with Crippen LogP contribution in [0.1, 0.15) is 10.4 Å². The van der Waals surface area contributed by atoms with Crippen molar-refractivity contribution in [3.05, 3.63) is 58.3 Å². The fourth-order valence-corrected chi connectivity index (χ4v) is 2.12. The van der Waals surface area contributed by atoms with Gasteiger partial charge < -0.3 is 5.32 Å². The molecule has 0 unspecified atom stereocenters. The van der Waals surface area contributed by atoms with E-state index in [4.69, 9.17) is 0 Å². The normalized spacial score (nSPS) is 11.8. The average molecular weight is 297 g/mol. The summed E-state index contributed by atoms with van der Waals surface area (Å²) in [6.45, 7) is 0. The van der Waals surface area contributed by atoms with Crippen molar-refractivity contribution >= 4 is 29.0 Å². The minimum atomic E-state index is -4.42. The summed E-state index contributed by atoms with van der Waals surface area (Å²) < 4.78 is 37.5. The van der Waals surface area contributed by atoms with Crippen LogP contribution in [0.25, 0.3) is 6.08 Å². The quantitative estimate of drug-likeness (QED) is 0.835. The summed E-state index contributed by atoms with van der Waals surface area (Å²) in [5.74, 6) is -0.474. The Kier molecular flexibility index (Phi) is 4.24. The van der Waals surface area contributed by atoms with Gasteiger partial charge in [-0.05, 0) is 35.7 Å². The second kappa shape index (κ2) is 5.92. The van der Waals surface area contributed by atoms with Crippen LogP contribution in [0.2, 0.25) is 0 Å². The molecule has 6 heteroatoms. The zero-order valence-electron chi connectivity index (χ0n) is 10.1. The third-order valence-corrected chi connectivity index (χ3v) is 3.24. The maximum Gasteiger partial charge on any atom is 0.416 e. The first-order valence-corrected chi connectivity index (χ1v) is 6.53. The van der Waals surface area contributed by atoms with Crippen molar-refractivity contribution in [2.75, 3.05) is 5.32 Å². The number of nitrogens with one attached hydrogen (secondary N) is 1. The molecule has 0 aliphatic rings. The smallest absolute Gasteiger partial charge is 0.322 e. The third kappa shape index (κ3) is 3.96. The van der Waals surface area contributed by atoms with Crippen LogP contribution in [0.4, 0.5) is 18.9 Å². The minimum absolute atomic E-state index is 0.112. The van der Waals surface area contributed by atoms with Gasteiger partial charge in [0, 0.05) is 16.6 Å². The number of anilines is 1. The van der Waals surface area contributed by atoms with Crippen molar-refractivity contribution in [3.63, 3.8) is 0 Å². The number of rotatable bonds is 3. The van der Waals surface area contributed by atoms with E-state index in [2.05, 4.69) is 5.32 Å². The summed E-state index contributed by atoms with van der Waals surface area (Å²) in [6.07, 6.45) is -1.53. The van der Waals surface area contributed by atoms with Crippen LogP contribution in [-0.2, 0) is 11.0 Å². The van der Waals surface area contributed by atoms with Gasteiger partial charge in [0.25, 0.3) is 0 Å². The van der Waals surface area contributed by atoms with Gasteiger partial charge in [0.05, 0.1) is 5.56 Å². The first-order chi connectivity index (χ1) is 9.45. The number of alkyl halides is 3. The molecule has 1 aromatic heterocycles. The Morgan fingerprint density at radius 1 is 1.20 bits per heavy atom. The number of benzene rings is 1. The maximum atomic E-state index is 12.5. The molecule has 2 nitrogen and oxygen atoms in total. The van der Waals surface area contributed by atoms with Gasteiger partial charge in [-0.15, -0.1) is 11.3 Å². The van der Waals surface area contributed by atoms with Crippen LogP contribution in [0.15, 0.2) is 47.9 Å². The molecule has 0 bridgehead atoms. The lowest BCUT2D eigenvalue weighted by Gasteiger charge is -2.08. The van der Waals surface area contributed by atoms with E-state index in [0.29, 0.717) is 0 Å². The highest BCUT2D eigenvalue weighted by Gasteiger charge is 2.30. The third-order valence-electron chi connectivity index (χ3n) is 2.40. The zero-order valence-corrected chi connectivity index (χ0v) is 11.0. The highest BCUT2D eigenvalue weighted by atomic mass is 32.1. The van der Waals surface area contributed by atoms with E-state index in [1.54, 1.807) is 6.08 Å². The van der Waals surface area contributed by atoms with Crippen LogP contribution >= 0.6 is 11.3 Å². The number of amides is 1. The van der Waals surface area contributed by atoms with Crippen molar-refractivity contribution in [3.8, 4) is 0 Å². The van der Waals surface area contributed by atoms with Crippen molar-refractivity contribution in [2.45, 2.75) is 6.18 Å². The van der Waals surface area contributed by atoms with Crippen molar-refractivity contribution < 1.29 is 18.0 Å². The molecule has 0 fully saturated rings. The van der Waals surface area contributed by atoms with Gasteiger partial charge in [0.1, 0.15) is 0 Å². The number of thiophene rings is 1. The number of carbonyl (C=O) groups is 1. The van der Waals surface area contributed by atoms with Crippen LogP contribution in [0.3, 0.4) is 0 Å². The van der Waals surface area contributed by atoms with Crippen molar-refractivity contribution in [1.82, 2.24) is 0 Å². The molecular formula is C14H10F3NOS. The highest BCUT2D eigenvalue weighted by molar-refractivity contribution is 7.10. The molecule has 1 heterocycles. The number of carbonyl (C=O) groups excluding carboxylic acids is 1. The Labute approximate surface area is 117 Å². The fraction of sp³-hybridized carbons (Fsp3) is 0.0714. The number of hydrogen-bond donors (Lipinski definition) is 1. The summed E-state index contributed by atoms with van der Waals surface area (Å²) in [6, 6.07) is 8.19. The van der Waals surface area contributed by atoms with E-state index < -0.39 is 17.6 Å². The summed E-state index contributed by atoms with van der Waals surface area (Å²) in [5.41, 5.74) is -0.682. The second-order valence-electron chi connectivity index (χ2n) is 3.92. The molecule has 1 aromatic carbocycles. The lowest BCUT2D eigenvalue weighted by Crippen LogP contribution is -2.10. The molecule has 2 aromatic rings. The van der Waals surface area contributed by atoms with Gasteiger partial charge in [-0.1, -0.05) is 12.1 Å². The molecule has 1 amide bonds. The minimum Gasteiger partial charge on any atom is -0.322 e. The van der Waals surface area contributed by atoms with Gasteiger partial charge in [-0.25, -0.2) is 0 Å². The largest absolute Gasteiger partial charge is 0.416 e. The lowest BCUT2D eigenvalue weighted by atomic mass is 10.2. The van der Waals surface area contributed by atoms with E-state index in [1.165, 1.54) is 29.5 Å². The topological polar surface area (TPSA) is 29.1 Å². The van der Waals surface area contributed by atoms with Crippen LogP contribution < -0.4 is 5.32 Å². The van der Waals surface area contributed by atoms with E-state index in [0.717, 1.165) is 17.0 Å². The molecule has 0 radical (unpaired) electrons. The van der Waals surface area contributed by atoms with Gasteiger partial charge >= 0.3 is 6.18 Å². The lowest BCUT2D eigenvalue weighted by molar-refractivity contribution is -0.137. The van der Waals surface area contributed by atoms with Gasteiger partial charge in [0.2, 0.25) is 5.91 Å². The molecule has 0 atom stereocenters. The van der Waals surface area contributed by atoms with E-state index in [1.807, 2.05) is 17.5 Å². The van der Waals surface area contributed by atoms with Crippen molar-refractivity contribution in [2.24, 2.45) is 0 Å². The standard InChI is InChI=1S/C14H10F3NOS/c15-14(16,17)10-3-1-4-11(9-10)18-13(19)7-6-12-5-2-8-20-12/h1-9H,(H,18,19)/b7-6+. The van der Waals surface area contributed by atoms with Gasteiger partial charge in [-0.3, -0.25) is 4.79 Å². The highest BCUT2D eigenvalue weighted by Crippen LogP contribution is 2.30. The molecule has 0 saturated heterocycles. The van der Waals surface area contributed by atoms with Gasteiger partial charge in [-0.2, -0.15) is 13.2 Å². The molecule has 0 saturated carbocycles. The Bertz CT molecular complexity index is 618. The van der Waals surface area contributed by atoms with Crippen LogP contribution in [-0.4, -0.2) is 5.91 Å². The molecule has 1 N–H and O–H groups in total. The molecule has 104 valence electrons. The molecule has 0 aliphatic heterocycles. The summed E-state index contributed by atoms with van der Waals surface area (Å²) in [4.78, 5) is 12.5. The summed E-state index contributed by atoms with van der Waals surface area (Å²) in [7, 11) is 0. The Balaban J connectivity index is 2.05. The Morgan fingerprint density at radius 3 is 2.65 bits per heavy atom. The van der Waals surface area contributed by atoms with E-state index in [9.17, 15) is 18.0 Å². The van der Waals surface area contributed by atoms with Crippen LogP contribution in [0, 0.1) is 0 Å². The van der Waals surface area contributed by atoms with E-state index >= 15 is 0 Å². The maximum absolute atomic E-state index is 12.5. The van der Waals surface area contributed by atoms with Gasteiger partial charge in [0.15, 0.2) is 0 Å². The molecule has 0 aliphatic carbocycles. The Morgan fingerprint density at radius 2 is 2.00 bits per heavy atom. The fourth-order valence-electron chi connectivity index (χ4n) is 1.50. The molecule has 2 rings (SSSR count). The Hall–Kier alpha value is -2.08.